The van der Waals surface area contributed by atoms with Gasteiger partial charge in [0.1, 0.15) is 0 Å². The van der Waals surface area contributed by atoms with Crippen LogP contribution in [0.15, 0.2) is 16.8 Å². The minimum Gasteiger partial charge on any atom is -0.411 e. The average Bonchev–Trinajstić information content (AvgIpc) is 1.88. The van der Waals surface area contributed by atoms with Gasteiger partial charge >= 0.3 is 0 Å². The predicted octanol–water partition coefficient (Wildman–Crippen LogP) is 2.44. The first-order valence-electron chi connectivity index (χ1n) is 3.51. The summed E-state index contributed by atoms with van der Waals surface area (Å²) in [6, 6.07) is 0. The summed E-state index contributed by atoms with van der Waals surface area (Å²) in [7, 11) is 0. The van der Waals surface area contributed by atoms with Gasteiger partial charge in [0.2, 0.25) is 0 Å². The molecule has 0 bridgehead atoms. The molecule has 0 aliphatic heterocycles. The molecule has 0 aromatic rings. The molecule has 0 atom stereocenters. The Labute approximate surface area is 62.2 Å². The van der Waals surface area contributed by atoms with E-state index in [4.69, 9.17) is 5.21 Å². The molecule has 0 aromatic heterocycles. The highest BCUT2D eigenvalue weighted by atomic mass is 16.4. The molecule has 0 radical (unpaired) electrons. The Morgan fingerprint density at radius 1 is 1.60 bits per heavy atom. The van der Waals surface area contributed by atoms with E-state index in [0.717, 1.165) is 6.42 Å². The Balaban J connectivity index is 3.68. The molecule has 0 unspecified atom stereocenters. The van der Waals surface area contributed by atoms with Crippen LogP contribution in [-0.4, -0.2) is 11.4 Å². The molecule has 58 valence electrons. The smallest absolute Gasteiger partial charge is 0.0473 e. The Hall–Kier alpha value is -0.790. The fourth-order valence-corrected chi connectivity index (χ4v) is 0.521. The second kappa shape index (κ2) is 5.03. The molecular formula is C8H15NO. The van der Waals surface area contributed by atoms with Gasteiger partial charge in [-0.2, -0.15) is 0 Å². The summed E-state index contributed by atoms with van der Waals surface area (Å²) in [5.74, 6) is 0.590. The van der Waals surface area contributed by atoms with Gasteiger partial charge in [-0.1, -0.05) is 25.5 Å². The normalized spacial score (nSPS) is 13.4. The van der Waals surface area contributed by atoms with Crippen molar-refractivity contribution in [2.75, 3.05) is 0 Å². The van der Waals surface area contributed by atoms with Gasteiger partial charge in [-0.3, -0.25) is 0 Å². The first kappa shape index (κ1) is 9.21. The number of rotatable bonds is 3. The highest BCUT2D eigenvalue weighted by molar-refractivity contribution is 5.58. The van der Waals surface area contributed by atoms with Gasteiger partial charge in [0.15, 0.2) is 0 Å². The number of oxime groups is 1. The molecule has 0 aromatic carbocycles. The van der Waals surface area contributed by atoms with E-state index in [9.17, 15) is 0 Å². The molecule has 0 amide bonds. The second-order valence-corrected chi connectivity index (χ2v) is 2.64. The Bertz CT molecular complexity index is 136. The third kappa shape index (κ3) is 4.13. The molecule has 0 heterocycles. The fraction of sp³-hybridized carbons (Fsp3) is 0.625. The minimum absolute atomic E-state index is 0.590. The SMILES string of the molecule is CC(=CCC=NO)C(C)C. The zero-order valence-electron chi connectivity index (χ0n) is 6.83. The largest absolute Gasteiger partial charge is 0.411 e. The fourth-order valence-electron chi connectivity index (χ4n) is 0.521. The zero-order valence-corrected chi connectivity index (χ0v) is 6.83. The average molecular weight is 141 g/mol. The number of hydrogen-bond donors (Lipinski definition) is 1. The molecule has 0 saturated carbocycles. The van der Waals surface area contributed by atoms with E-state index in [-0.39, 0.29) is 0 Å². The summed E-state index contributed by atoms with van der Waals surface area (Å²) >= 11 is 0. The second-order valence-electron chi connectivity index (χ2n) is 2.64. The first-order valence-corrected chi connectivity index (χ1v) is 3.51. The minimum atomic E-state index is 0.590. The predicted molar refractivity (Wildman–Crippen MR) is 43.5 cm³/mol. The summed E-state index contributed by atoms with van der Waals surface area (Å²) in [4.78, 5) is 0. The van der Waals surface area contributed by atoms with E-state index in [2.05, 4.69) is 32.0 Å². The van der Waals surface area contributed by atoms with Gasteiger partial charge in [-0.05, 0) is 12.8 Å². The van der Waals surface area contributed by atoms with Crippen LogP contribution in [0.25, 0.3) is 0 Å². The van der Waals surface area contributed by atoms with Crippen LogP contribution in [0.1, 0.15) is 27.2 Å². The monoisotopic (exact) mass is 141 g/mol. The van der Waals surface area contributed by atoms with Crippen LogP contribution in [-0.2, 0) is 0 Å². The van der Waals surface area contributed by atoms with Crippen molar-refractivity contribution < 1.29 is 5.21 Å². The standard InChI is InChI=1S/C8H15NO/c1-7(2)8(3)5-4-6-9-10/h5-7,10H,4H2,1-3H3. The molecule has 0 rings (SSSR count). The lowest BCUT2D eigenvalue weighted by Gasteiger charge is -2.02. The van der Waals surface area contributed by atoms with Crippen LogP contribution < -0.4 is 0 Å². The van der Waals surface area contributed by atoms with Gasteiger partial charge in [0.05, 0.1) is 0 Å². The van der Waals surface area contributed by atoms with E-state index in [1.807, 2.05) is 0 Å². The van der Waals surface area contributed by atoms with E-state index in [1.54, 1.807) is 0 Å². The maximum Gasteiger partial charge on any atom is 0.0473 e. The maximum absolute atomic E-state index is 8.06. The van der Waals surface area contributed by atoms with Crippen molar-refractivity contribution in [2.24, 2.45) is 11.1 Å². The molecule has 0 spiro atoms. The molecule has 0 saturated heterocycles. The summed E-state index contributed by atoms with van der Waals surface area (Å²) in [6.07, 6.45) is 4.26. The van der Waals surface area contributed by atoms with Crippen molar-refractivity contribution >= 4 is 6.21 Å². The van der Waals surface area contributed by atoms with E-state index in [0.29, 0.717) is 5.92 Å². The van der Waals surface area contributed by atoms with E-state index < -0.39 is 0 Å². The topological polar surface area (TPSA) is 32.6 Å². The lowest BCUT2D eigenvalue weighted by Crippen LogP contribution is -1.88. The maximum atomic E-state index is 8.06. The Kier molecular flexibility index (Phi) is 4.63. The number of nitrogens with zero attached hydrogens (tertiary/aromatic N) is 1. The number of hydrogen-bond acceptors (Lipinski definition) is 2. The molecule has 0 aliphatic rings. The summed E-state index contributed by atoms with van der Waals surface area (Å²) in [5.41, 5.74) is 1.33. The third-order valence-corrected chi connectivity index (χ3v) is 1.54. The molecule has 2 nitrogen and oxygen atoms in total. The molecule has 2 heteroatoms. The van der Waals surface area contributed by atoms with E-state index in [1.165, 1.54) is 11.8 Å². The van der Waals surface area contributed by atoms with Crippen molar-refractivity contribution in [2.45, 2.75) is 27.2 Å². The highest BCUT2D eigenvalue weighted by Crippen LogP contribution is 2.07. The van der Waals surface area contributed by atoms with E-state index >= 15 is 0 Å². The lowest BCUT2D eigenvalue weighted by atomic mass is 10.0. The quantitative estimate of drug-likeness (QED) is 0.278. The Morgan fingerprint density at radius 3 is 2.60 bits per heavy atom. The number of allylic oxidation sites excluding steroid dienone is 2. The molecule has 0 aliphatic carbocycles. The highest BCUT2D eigenvalue weighted by Gasteiger charge is 1.92. The lowest BCUT2D eigenvalue weighted by molar-refractivity contribution is 0.321. The van der Waals surface area contributed by atoms with Crippen LogP contribution in [0.2, 0.25) is 0 Å². The summed E-state index contributed by atoms with van der Waals surface area (Å²) in [6.45, 7) is 6.36. The third-order valence-electron chi connectivity index (χ3n) is 1.54. The van der Waals surface area contributed by atoms with Crippen LogP contribution in [0.4, 0.5) is 0 Å². The summed E-state index contributed by atoms with van der Waals surface area (Å²) in [5, 5.41) is 11.0. The Morgan fingerprint density at radius 2 is 2.20 bits per heavy atom. The van der Waals surface area contributed by atoms with Crippen LogP contribution in [0.5, 0.6) is 0 Å². The van der Waals surface area contributed by atoms with Crippen molar-refractivity contribution in [1.29, 1.82) is 0 Å². The van der Waals surface area contributed by atoms with Crippen molar-refractivity contribution in [3.63, 3.8) is 0 Å². The van der Waals surface area contributed by atoms with Gasteiger partial charge in [-0.15, -0.1) is 5.16 Å². The van der Waals surface area contributed by atoms with Crippen LogP contribution in [0.3, 0.4) is 0 Å². The van der Waals surface area contributed by atoms with Crippen molar-refractivity contribution in [1.82, 2.24) is 0 Å². The zero-order chi connectivity index (χ0) is 7.98. The van der Waals surface area contributed by atoms with Crippen LogP contribution >= 0.6 is 0 Å². The van der Waals surface area contributed by atoms with Gasteiger partial charge < -0.3 is 5.21 Å². The molecular weight excluding hydrogens is 126 g/mol. The van der Waals surface area contributed by atoms with Crippen molar-refractivity contribution in [3.05, 3.63) is 11.6 Å². The van der Waals surface area contributed by atoms with Crippen LogP contribution in [0, 0.1) is 5.92 Å². The first-order chi connectivity index (χ1) is 4.68. The molecule has 1 N–H and O–H groups in total. The van der Waals surface area contributed by atoms with Gasteiger partial charge in [-0.25, -0.2) is 0 Å². The van der Waals surface area contributed by atoms with Gasteiger partial charge in [0, 0.05) is 12.6 Å². The van der Waals surface area contributed by atoms with Crippen molar-refractivity contribution in [3.8, 4) is 0 Å². The molecule has 10 heavy (non-hydrogen) atoms. The van der Waals surface area contributed by atoms with Gasteiger partial charge in [0.25, 0.3) is 0 Å². The summed E-state index contributed by atoms with van der Waals surface area (Å²) < 4.78 is 0. The molecule has 0 fully saturated rings.